The molecule has 68 valence electrons. The summed E-state index contributed by atoms with van der Waals surface area (Å²) in [6, 6.07) is 7.96. The molecule has 2 aromatic rings. The van der Waals surface area contributed by atoms with Gasteiger partial charge in [-0.25, -0.2) is 0 Å². The Kier molecular flexibility index (Phi) is 2.08. The standard InChI is InChI=1S/C10H12GeO2/c1-11(2,9-5-3-7-12-9)10-6-4-8-13-10/h3-8H,1-2H3. The molecule has 0 aromatic carbocycles. The molecule has 0 spiro atoms. The predicted molar refractivity (Wildman–Crippen MR) is 54.2 cm³/mol. The Morgan fingerprint density at radius 1 is 0.923 bits per heavy atom. The van der Waals surface area contributed by atoms with Crippen molar-refractivity contribution in [3.63, 3.8) is 0 Å². The fraction of sp³-hybridized carbons (Fsp3) is 0.200. The average Bonchev–Trinajstić information content (AvgIpc) is 2.78. The van der Waals surface area contributed by atoms with Gasteiger partial charge in [0.1, 0.15) is 0 Å². The monoisotopic (exact) mass is 238 g/mol. The van der Waals surface area contributed by atoms with Gasteiger partial charge in [0.25, 0.3) is 0 Å². The van der Waals surface area contributed by atoms with E-state index in [1.807, 2.05) is 24.3 Å². The van der Waals surface area contributed by atoms with Gasteiger partial charge in [0, 0.05) is 0 Å². The van der Waals surface area contributed by atoms with Crippen LogP contribution in [0.25, 0.3) is 0 Å². The van der Waals surface area contributed by atoms with Gasteiger partial charge in [-0.3, -0.25) is 0 Å². The van der Waals surface area contributed by atoms with Gasteiger partial charge in [0.2, 0.25) is 0 Å². The molecule has 0 aliphatic heterocycles. The fourth-order valence-electron chi connectivity index (χ4n) is 1.39. The van der Waals surface area contributed by atoms with Crippen molar-refractivity contribution in [1.82, 2.24) is 0 Å². The molecule has 0 N–H and O–H groups in total. The van der Waals surface area contributed by atoms with Crippen molar-refractivity contribution in [2.24, 2.45) is 0 Å². The van der Waals surface area contributed by atoms with Crippen LogP contribution in [0.5, 0.6) is 0 Å². The molecule has 0 aliphatic rings. The van der Waals surface area contributed by atoms with E-state index in [1.54, 1.807) is 12.5 Å². The molecule has 0 saturated carbocycles. The molecule has 0 saturated heterocycles. The van der Waals surface area contributed by atoms with Crippen molar-refractivity contribution in [1.29, 1.82) is 0 Å². The Labute approximate surface area is 79.9 Å². The molecular formula is C10H12GeO2. The zero-order valence-electron chi connectivity index (χ0n) is 7.78. The molecule has 13 heavy (non-hydrogen) atoms. The second kappa shape index (κ2) is 3.11. The second-order valence-corrected chi connectivity index (χ2v) is 12.5. The van der Waals surface area contributed by atoms with Crippen molar-refractivity contribution in [2.75, 3.05) is 0 Å². The third kappa shape index (κ3) is 1.46. The molecular weight excluding hydrogens is 225 g/mol. The van der Waals surface area contributed by atoms with Crippen LogP contribution in [0, 0.1) is 0 Å². The van der Waals surface area contributed by atoms with Gasteiger partial charge in [-0.1, -0.05) is 0 Å². The number of hydrogen-bond acceptors (Lipinski definition) is 2. The van der Waals surface area contributed by atoms with E-state index in [1.165, 1.54) is 0 Å². The Morgan fingerprint density at radius 3 is 1.69 bits per heavy atom. The van der Waals surface area contributed by atoms with E-state index in [4.69, 9.17) is 8.83 Å². The van der Waals surface area contributed by atoms with E-state index in [2.05, 4.69) is 11.5 Å². The molecule has 3 heteroatoms. The Hall–Kier alpha value is -0.897. The quantitative estimate of drug-likeness (QED) is 0.742. The summed E-state index contributed by atoms with van der Waals surface area (Å²) in [7, 11) is 0. The summed E-state index contributed by atoms with van der Waals surface area (Å²) >= 11 is -2.21. The SMILES string of the molecule is [CH3][Ge]([CH3])([c]1ccco1)[c]1ccco1. The molecule has 0 radical (unpaired) electrons. The first kappa shape index (κ1) is 8.69. The van der Waals surface area contributed by atoms with Crippen molar-refractivity contribution >= 4 is 22.5 Å². The molecule has 0 atom stereocenters. The van der Waals surface area contributed by atoms with Crippen LogP contribution in [0.4, 0.5) is 0 Å². The topological polar surface area (TPSA) is 26.3 Å². The van der Waals surface area contributed by atoms with E-state index < -0.39 is 13.3 Å². The number of rotatable bonds is 2. The van der Waals surface area contributed by atoms with Crippen LogP contribution in [0.1, 0.15) is 0 Å². The fourth-order valence-corrected chi connectivity index (χ4v) is 5.57. The van der Waals surface area contributed by atoms with Crippen LogP contribution in [0.2, 0.25) is 11.5 Å². The van der Waals surface area contributed by atoms with Crippen LogP contribution in [0.15, 0.2) is 45.6 Å². The molecule has 2 aromatic heterocycles. The summed E-state index contributed by atoms with van der Waals surface area (Å²) in [5.74, 6) is 4.52. The zero-order chi connectivity index (χ0) is 9.31. The molecule has 0 aliphatic carbocycles. The van der Waals surface area contributed by atoms with Crippen molar-refractivity contribution in [3.8, 4) is 0 Å². The van der Waals surface area contributed by atoms with Gasteiger partial charge in [0.15, 0.2) is 0 Å². The van der Waals surface area contributed by atoms with E-state index in [0.29, 0.717) is 0 Å². The molecule has 2 heterocycles. The molecule has 0 fully saturated rings. The molecule has 0 bridgehead atoms. The van der Waals surface area contributed by atoms with E-state index >= 15 is 0 Å². The van der Waals surface area contributed by atoms with E-state index in [-0.39, 0.29) is 0 Å². The van der Waals surface area contributed by atoms with Crippen LogP contribution >= 0.6 is 0 Å². The summed E-state index contributed by atoms with van der Waals surface area (Å²) in [5.41, 5.74) is 0. The summed E-state index contributed by atoms with van der Waals surface area (Å²) in [4.78, 5) is 0. The number of hydrogen-bond donors (Lipinski definition) is 0. The minimum atomic E-state index is -2.21. The van der Waals surface area contributed by atoms with Crippen LogP contribution in [0.3, 0.4) is 0 Å². The van der Waals surface area contributed by atoms with Gasteiger partial charge >= 0.3 is 79.6 Å². The Bertz CT molecular complexity index is 323. The maximum atomic E-state index is 5.45. The van der Waals surface area contributed by atoms with E-state index in [0.717, 1.165) is 9.19 Å². The van der Waals surface area contributed by atoms with Crippen molar-refractivity contribution < 1.29 is 8.83 Å². The average molecular weight is 237 g/mol. The normalized spacial score (nSPS) is 11.8. The van der Waals surface area contributed by atoms with Gasteiger partial charge in [-0.2, -0.15) is 0 Å². The maximum absolute atomic E-state index is 5.45. The third-order valence-corrected chi connectivity index (χ3v) is 8.64. The first-order valence-electron chi connectivity index (χ1n) is 4.29. The minimum absolute atomic E-state index is 1.11. The Morgan fingerprint density at radius 2 is 1.38 bits per heavy atom. The molecule has 2 nitrogen and oxygen atoms in total. The van der Waals surface area contributed by atoms with Crippen LogP contribution < -0.4 is 9.19 Å². The zero-order valence-corrected chi connectivity index (χ0v) is 9.88. The van der Waals surface area contributed by atoms with Crippen molar-refractivity contribution in [2.45, 2.75) is 11.5 Å². The predicted octanol–water partition coefficient (Wildman–Crippen LogP) is 1.70. The molecule has 0 unspecified atom stereocenters. The number of furan rings is 2. The van der Waals surface area contributed by atoms with E-state index in [9.17, 15) is 0 Å². The van der Waals surface area contributed by atoms with Gasteiger partial charge < -0.3 is 0 Å². The van der Waals surface area contributed by atoms with Crippen LogP contribution in [-0.4, -0.2) is 13.3 Å². The van der Waals surface area contributed by atoms with Gasteiger partial charge in [-0.15, -0.1) is 0 Å². The van der Waals surface area contributed by atoms with Gasteiger partial charge in [-0.05, 0) is 0 Å². The summed E-state index contributed by atoms with van der Waals surface area (Å²) in [5, 5.41) is 0. The molecule has 2 rings (SSSR count). The third-order valence-electron chi connectivity index (χ3n) is 2.27. The first-order chi connectivity index (χ1) is 6.21. The second-order valence-electron chi connectivity index (χ2n) is 3.58. The first-order valence-corrected chi connectivity index (χ1v) is 10.6. The van der Waals surface area contributed by atoms with Gasteiger partial charge in [0.05, 0.1) is 0 Å². The van der Waals surface area contributed by atoms with Crippen LogP contribution in [-0.2, 0) is 0 Å². The Balaban J connectivity index is 2.42. The summed E-state index contributed by atoms with van der Waals surface area (Å²) < 4.78 is 13.1. The molecule has 0 amide bonds. The summed E-state index contributed by atoms with van der Waals surface area (Å²) in [6.07, 6.45) is 3.45. The van der Waals surface area contributed by atoms with Crippen molar-refractivity contribution in [3.05, 3.63) is 36.8 Å². The summed E-state index contributed by atoms with van der Waals surface area (Å²) in [6.45, 7) is 0.